The van der Waals surface area contributed by atoms with Crippen molar-refractivity contribution in [3.63, 3.8) is 0 Å². The van der Waals surface area contributed by atoms with Crippen LogP contribution < -0.4 is 0 Å². The van der Waals surface area contributed by atoms with E-state index in [1.807, 2.05) is 0 Å². The second-order valence-corrected chi connectivity index (χ2v) is 27.7. The maximum atomic E-state index is 13.0. The average Bonchev–Trinajstić information content (AvgIpc) is 3.43. The Bertz CT molecular complexity index is 1660. The second-order valence-electron chi connectivity index (χ2n) is 24.8. The smallest absolute Gasteiger partial charge is 0.462 e. The molecular formula is C64H124O17P2. The highest BCUT2D eigenvalue weighted by Gasteiger charge is 2.30. The number of esters is 4. The standard InChI is InChI=1S/C64H124O17P2/c1-9-57(8)43-35-27-22-23-29-37-45-62(67)75-51-60(80-63(68)46-38-30-20-14-13-17-25-33-41-55(4)5)53-79-83(72,73)77-49-58(65)48-76-82(70,71)78-52-59(81-64(69)47-39-31-21-15-18-26-34-42-56(6)7)50-74-61(66)44-36-28-19-12-10-11-16-24-32-40-54(2)3/h54-60,65H,9-53H2,1-8H3,(H,70,71)(H,72,73)/t57?,58-,59-,60-/m1/s1. The molecule has 0 spiro atoms. The van der Waals surface area contributed by atoms with E-state index in [2.05, 4.69) is 55.4 Å². The lowest BCUT2D eigenvalue weighted by Crippen LogP contribution is -2.30. The molecule has 19 heteroatoms. The van der Waals surface area contributed by atoms with E-state index in [-0.39, 0.29) is 25.7 Å². The molecule has 0 bridgehead atoms. The molecule has 0 aromatic rings. The van der Waals surface area contributed by atoms with E-state index in [1.165, 1.54) is 103 Å². The summed E-state index contributed by atoms with van der Waals surface area (Å²) in [5, 5.41) is 10.5. The molecule has 0 rings (SSSR count). The lowest BCUT2D eigenvalue weighted by molar-refractivity contribution is -0.161. The first-order chi connectivity index (χ1) is 39.6. The zero-order chi connectivity index (χ0) is 61.8. The fraction of sp³-hybridized carbons (Fsp3) is 0.938. The Hall–Kier alpha value is -1.94. The van der Waals surface area contributed by atoms with Crippen LogP contribution in [-0.2, 0) is 65.4 Å². The van der Waals surface area contributed by atoms with Crippen LogP contribution in [-0.4, -0.2) is 96.7 Å². The lowest BCUT2D eigenvalue weighted by atomic mass is 10.00. The maximum absolute atomic E-state index is 13.0. The molecule has 0 fully saturated rings. The highest BCUT2D eigenvalue weighted by molar-refractivity contribution is 7.47. The SMILES string of the molecule is CCC(C)CCCCCCCCC(=O)OC[C@H](COP(=O)(O)OC[C@H](O)COP(=O)(O)OC[C@@H](COC(=O)CCCCCCCCCCCC(C)C)OC(=O)CCCCCCCCCC(C)C)OC(=O)CCCCCCCCCCC(C)C. The van der Waals surface area contributed by atoms with Crippen molar-refractivity contribution in [2.45, 2.75) is 324 Å². The number of aliphatic hydroxyl groups is 1. The number of carbonyl (C=O) groups excluding carboxylic acids is 4. The van der Waals surface area contributed by atoms with Crippen molar-refractivity contribution in [1.82, 2.24) is 0 Å². The number of carbonyl (C=O) groups is 4. The molecule has 0 amide bonds. The van der Waals surface area contributed by atoms with Gasteiger partial charge >= 0.3 is 39.5 Å². The molecule has 17 nitrogen and oxygen atoms in total. The number of unbranched alkanes of at least 4 members (excludes halogenated alkanes) is 26. The Morgan fingerprint density at radius 1 is 0.337 bits per heavy atom. The topological polar surface area (TPSA) is 237 Å². The Kier molecular flexibility index (Phi) is 53.0. The first-order valence-corrected chi connectivity index (χ1v) is 36.2. The van der Waals surface area contributed by atoms with Gasteiger partial charge < -0.3 is 33.8 Å². The van der Waals surface area contributed by atoms with Crippen LogP contribution in [0.4, 0.5) is 0 Å². The van der Waals surface area contributed by atoms with Crippen LogP contribution >= 0.6 is 15.6 Å². The van der Waals surface area contributed by atoms with E-state index in [0.29, 0.717) is 31.6 Å². The van der Waals surface area contributed by atoms with Crippen molar-refractivity contribution in [1.29, 1.82) is 0 Å². The van der Waals surface area contributed by atoms with Gasteiger partial charge in [0.1, 0.15) is 19.3 Å². The van der Waals surface area contributed by atoms with Crippen molar-refractivity contribution in [3.05, 3.63) is 0 Å². The molecule has 6 atom stereocenters. The summed E-state index contributed by atoms with van der Waals surface area (Å²) in [6.45, 7) is 13.9. The molecular weight excluding hydrogens is 1100 g/mol. The minimum atomic E-state index is -4.94. The molecule has 0 saturated carbocycles. The predicted molar refractivity (Wildman–Crippen MR) is 331 cm³/mol. The molecule has 0 radical (unpaired) electrons. The van der Waals surface area contributed by atoms with Crippen molar-refractivity contribution in [2.75, 3.05) is 39.6 Å². The van der Waals surface area contributed by atoms with Gasteiger partial charge in [-0.3, -0.25) is 37.3 Å². The summed E-state index contributed by atoms with van der Waals surface area (Å²) in [5.74, 6) is 0.746. The molecule has 492 valence electrons. The van der Waals surface area contributed by atoms with E-state index >= 15 is 0 Å². The third-order valence-corrected chi connectivity index (χ3v) is 16.8. The summed E-state index contributed by atoms with van der Waals surface area (Å²) >= 11 is 0. The minimum Gasteiger partial charge on any atom is -0.462 e. The van der Waals surface area contributed by atoms with Crippen LogP contribution in [0.3, 0.4) is 0 Å². The average molecular weight is 1230 g/mol. The van der Waals surface area contributed by atoms with Gasteiger partial charge in [0.2, 0.25) is 0 Å². The van der Waals surface area contributed by atoms with E-state index in [0.717, 1.165) is 114 Å². The number of aliphatic hydroxyl groups excluding tert-OH is 1. The Labute approximate surface area is 505 Å². The van der Waals surface area contributed by atoms with Crippen molar-refractivity contribution in [3.8, 4) is 0 Å². The maximum Gasteiger partial charge on any atom is 0.472 e. The zero-order valence-electron chi connectivity index (χ0n) is 53.8. The Morgan fingerprint density at radius 3 is 0.855 bits per heavy atom. The Morgan fingerprint density at radius 2 is 0.578 bits per heavy atom. The predicted octanol–water partition coefficient (Wildman–Crippen LogP) is 17.4. The zero-order valence-corrected chi connectivity index (χ0v) is 55.6. The van der Waals surface area contributed by atoms with Crippen molar-refractivity contribution >= 4 is 39.5 Å². The van der Waals surface area contributed by atoms with Gasteiger partial charge in [-0.25, -0.2) is 9.13 Å². The molecule has 0 heterocycles. The van der Waals surface area contributed by atoms with Crippen LogP contribution in [0, 0.1) is 23.7 Å². The van der Waals surface area contributed by atoms with Gasteiger partial charge in [-0.2, -0.15) is 0 Å². The molecule has 3 N–H and O–H groups in total. The minimum absolute atomic E-state index is 0.102. The molecule has 0 aromatic carbocycles. The molecule has 0 aliphatic carbocycles. The van der Waals surface area contributed by atoms with Crippen LogP contribution in [0.2, 0.25) is 0 Å². The van der Waals surface area contributed by atoms with Gasteiger partial charge in [-0.1, -0.05) is 254 Å². The van der Waals surface area contributed by atoms with Gasteiger partial charge in [0, 0.05) is 25.7 Å². The summed E-state index contributed by atoms with van der Waals surface area (Å²) in [7, 11) is -9.89. The number of phosphoric ester groups is 2. The first-order valence-electron chi connectivity index (χ1n) is 33.2. The third-order valence-electron chi connectivity index (χ3n) is 14.9. The second kappa shape index (κ2) is 54.2. The number of hydrogen-bond donors (Lipinski definition) is 3. The number of rotatable bonds is 61. The van der Waals surface area contributed by atoms with Gasteiger partial charge in [-0.05, 0) is 49.4 Å². The van der Waals surface area contributed by atoms with Crippen LogP contribution in [0.1, 0.15) is 306 Å². The van der Waals surface area contributed by atoms with Crippen molar-refractivity contribution in [2.24, 2.45) is 23.7 Å². The lowest BCUT2D eigenvalue weighted by Gasteiger charge is -2.21. The molecule has 0 aromatic heterocycles. The fourth-order valence-corrected chi connectivity index (χ4v) is 11.0. The number of ether oxygens (including phenoxy) is 4. The summed E-state index contributed by atoms with van der Waals surface area (Å²) in [4.78, 5) is 72.2. The number of phosphoric acid groups is 2. The first kappa shape index (κ1) is 81.1. The van der Waals surface area contributed by atoms with Gasteiger partial charge in [0.25, 0.3) is 0 Å². The Balaban J connectivity index is 5.26. The van der Waals surface area contributed by atoms with Crippen molar-refractivity contribution < 1.29 is 80.2 Å². The highest BCUT2D eigenvalue weighted by Crippen LogP contribution is 2.45. The van der Waals surface area contributed by atoms with Gasteiger partial charge in [-0.15, -0.1) is 0 Å². The summed E-state index contributed by atoms with van der Waals surface area (Å²) in [6, 6.07) is 0. The molecule has 0 saturated heterocycles. The molecule has 3 unspecified atom stereocenters. The highest BCUT2D eigenvalue weighted by atomic mass is 31.2. The number of hydrogen-bond acceptors (Lipinski definition) is 15. The fourth-order valence-electron chi connectivity index (χ4n) is 9.40. The van der Waals surface area contributed by atoms with Crippen LogP contribution in [0.5, 0.6) is 0 Å². The third kappa shape index (κ3) is 57.6. The molecule has 0 aliphatic heterocycles. The van der Waals surface area contributed by atoms with Crippen LogP contribution in [0.15, 0.2) is 0 Å². The summed E-state index contributed by atoms with van der Waals surface area (Å²) in [5.41, 5.74) is 0. The molecule has 0 aliphatic rings. The molecule has 83 heavy (non-hydrogen) atoms. The van der Waals surface area contributed by atoms with E-state index in [9.17, 15) is 43.2 Å². The monoisotopic (exact) mass is 1230 g/mol. The van der Waals surface area contributed by atoms with E-state index in [1.54, 1.807) is 0 Å². The normalized spacial score (nSPS) is 14.8. The van der Waals surface area contributed by atoms with Gasteiger partial charge in [0.05, 0.1) is 26.4 Å². The summed E-state index contributed by atoms with van der Waals surface area (Å²) in [6.07, 6.45) is 33.6. The summed E-state index contributed by atoms with van der Waals surface area (Å²) < 4.78 is 68.0. The largest absolute Gasteiger partial charge is 0.472 e. The van der Waals surface area contributed by atoms with Crippen LogP contribution in [0.25, 0.3) is 0 Å². The quantitative estimate of drug-likeness (QED) is 0.0222. The van der Waals surface area contributed by atoms with E-state index in [4.69, 9.17) is 37.0 Å². The van der Waals surface area contributed by atoms with Gasteiger partial charge in [0.15, 0.2) is 12.2 Å². The van der Waals surface area contributed by atoms with E-state index < -0.39 is 97.5 Å².